The van der Waals surface area contributed by atoms with Crippen LogP contribution in [0.25, 0.3) is 0 Å². The molecule has 1 atom stereocenters. The van der Waals surface area contributed by atoms with Gasteiger partial charge in [0.25, 0.3) is 5.91 Å². The summed E-state index contributed by atoms with van der Waals surface area (Å²) in [6.45, 7) is 1.95. The Labute approximate surface area is 121 Å². The van der Waals surface area contributed by atoms with Crippen molar-refractivity contribution in [1.82, 2.24) is 5.32 Å². The fourth-order valence-electron chi connectivity index (χ4n) is 1.57. The van der Waals surface area contributed by atoms with E-state index in [1.807, 2.05) is 24.4 Å². The molecule has 0 aliphatic heterocycles. The number of rotatable bonds is 5. The van der Waals surface area contributed by atoms with E-state index in [2.05, 4.69) is 5.32 Å². The van der Waals surface area contributed by atoms with E-state index in [1.54, 1.807) is 35.6 Å². The molecule has 0 saturated carbocycles. The van der Waals surface area contributed by atoms with E-state index < -0.39 is 0 Å². The molecule has 1 amide bonds. The molecule has 19 heavy (non-hydrogen) atoms. The third kappa shape index (κ3) is 4.26. The van der Waals surface area contributed by atoms with Gasteiger partial charge in [0, 0.05) is 9.90 Å². The van der Waals surface area contributed by atoms with Crippen molar-refractivity contribution in [3.8, 4) is 5.75 Å². The first kappa shape index (κ1) is 13.9. The predicted octanol–water partition coefficient (Wildman–Crippen LogP) is 3.66. The van der Waals surface area contributed by atoms with Crippen LogP contribution in [-0.2, 0) is 4.79 Å². The van der Waals surface area contributed by atoms with Crippen molar-refractivity contribution >= 4 is 28.8 Å². The van der Waals surface area contributed by atoms with Gasteiger partial charge in [-0.3, -0.25) is 4.79 Å². The summed E-state index contributed by atoms with van der Waals surface area (Å²) in [4.78, 5) is 12.9. The summed E-state index contributed by atoms with van der Waals surface area (Å²) in [5, 5.41) is 5.51. The molecular weight excluding hydrogens is 282 g/mol. The van der Waals surface area contributed by atoms with E-state index in [1.165, 1.54) is 0 Å². The van der Waals surface area contributed by atoms with Crippen LogP contribution in [0.4, 0.5) is 0 Å². The Bertz CT molecular complexity index is 525. The van der Waals surface area contributed by atoms with Gasteiger partial charge in [0.2, 0.25) is 0 Å². The van der Waals surface area contributed by atoms with Crippen molar-refractivity contribution in [3.05, 3.63) is 51.7 Å². The highest BCUT2D eigenvalue weighted by molar-refractivity contribution is 7.10. The number of carbonyl (C=O) groups is 1. The summed E-state index contributed by atoms with van der Waals surface area (Å²) < 4.78 is 5.37. The number of hydrogen-bond acceptors (Lipinski definition) is 3. The molecule has 0 bridgehead atoms. The Hall–Kier alpha value is -1.52. The number of nitrogens with one attached hydrogen (secondary N) is 1. The highest BCUT2D eigenvalue weighted by atomic mass is 35.5. The van der Waals surface area contributed by atoms with E-state index >= 15 is 0 Å². The molecule has 0 spiro atoms. The first-order valence-electron chi connectivity index (χ1n) is 5.86. The molecule has 1 unspecified atom stereocenters. The van der Waals surface area contributed by atoms with Gasteiger partial charge in [-0.15, -0.1) is 11.3 Å². The number of carbonyl (C=O) groups excluding carboxylic acids is 1. The summed E-state index contributed by atoms with van der Waals surface area (Å²) in [6, 6.07) is 10.9. The molecule has 1 aromatic carbocycles. The monoisotopic (exact) mass is 295 g/mol. The van der Waals surface area contributed by atoms with Crippen LogP contribution in [0, 0.1) is 0 Å². The zero-order valence-corrected chi connectivity index (χ0v) is 12.0. The minimum absolute atomic E-state index is 0.00122. The Kier molecular flexibility index (Phi) is 4.82. The lowest BCUT2D eigenvalue weighted by Gasteiger charge is -2.12. The van der Waals surface area contributed by atoms with Crippen LogP contribution >= 0.6 is 22.9 Å². The SMILES string of the molecule is CC(NC(=O)COc1ccc(Cl)cc1)c1cccs1. The smallest absolute Gasteiger partial charge is 0.258 e. The van der Waals surface area contributed by atoms with Gasteiger partial charge in [0.05, 0.1) is 6.04 Å². The van der Waals surface area contributed by atoms with Gasteiger partial charge >= 0.3 is 0 Å². The number of hydrogen-bond donors (Lipinski definition) is 1. The van der Waals surface area contributed by atoms with Crippen LogP contribution in [0.15, 0.2) is 41.8 Å². The molecule has 0 radical (unpaired) electrons. The highest BCUT2D eigenvalue weighted by Crippen LogP contribution is 2.18. The molecule has 0 aliphatic rings. The number of halogens is 1. The molecule has 2 rings (SSSR count). The number of ether oxygens (including phenoxy) is 1. The Balaban J connectivity index is 1.80. The van der Waals surface area contributed by atoms with E-state index in [4.69, 9.17) is 16.3 Å². The Morgan fingerprint density at radius 3 is 2.74 bits per heavy atom. The molecule has 0 aliphatic carbocycles. The minimum atomic E-state index is -0.143. The Morgan fingerprint density at radius 2 is 2.11 bits per heavy atom. The van der Waals surface area contributed by atoms with Crippen LogP contribution in [0.3, 0.4) is 0 Å². The standard InChI is InChI=1S/C14H14ClNO2S/c1-10(13-3-2-8-19-13)16-14(17)9-18-12-6-4-11(15)5-7-12/h2-8,10H,9H2,1H3,(H,16,17). The molecule has 1 N–H and O–H groups in total. The van der Waals surface area contributed by atoms with Gasteiger partial charge < -0.3 is 10.1 Å². The van der Waals surface area contributed by atoms with Crippen LogP contribution in [-0.4, -0.2) is 12.5 Å². The normalized spacial score (nSPS) is 11.9. The van der Waals surface area contributed by atoms with E-state index in [-0.39, 0.29) is 18.6 Å². The van der Waals surface area contributed by atoms with Gasteiger partial charge in [-0.2, -0.15) is 0 Å². The predicted molar refractivity (Wildman–Crippen MR) is 77.8 cm³/mol. The fourth-order valence-corrected chi connectivity index (χ4v) is 2.43. The molecule has 2 aromatic rings. The maximum atomic E-state index is 11.7. The van der Waals surface area contributed by atoms with Crippen LogP contribution in [0.2, 0.25) is 5.02 Å². The zero-order valence-electron chi connectivity index (χ0n) is 10.4. The Morgan fingerprint density at radius 1 is 1.37 bits per heavy atom. The summed E-state index contributed by atoms with van der Waals surface area (Å²) in [5.41, 5.74) is 0. The lowest BCUT2D eigenvalue weighted by Crippen LogP contribution is -2.30. The lowest BCUT2D eigenvalue weighted by molar-refractivity contribution is -0.123. The van der Waals surface area contributed by atoms with Crippen molar-refractivity contribution in [1.29, 1.82) is 0 Å². The van der Waals surface area contributed by atoms with Crippen molar-refractivity contribution in [2.75, 3.05) is 6.61 Å². The van der Waals surface area contributed by atoms with E-state index in [0.717, 1.165) is 4.88 Å². The van der Waals surface area contributed by atoms with Gasteiger partial charge in [-0.05, 0) is 42.6 Å². The molecule has 3 nitrogen and oxygen atoms in total. The van der Waals surface area contributed by atoms with Crippen molar-refractivity contribution in [3.63, 3.8) is 0 Å². The fraction of sp³-hybridized carbons (Fsp3) is 0.214. The molecule has 0 fully saturated rings. The van der Waals surface area contributed by atoms with Crippen molar-refractivity contribution in [2.45, 2.75) is 13.0 Å². The molecule has 5 heteroatoms. The maximum absolute atomic E-state index is 11.7. The second-order valence-corrected chi connectivity index (χ2v) is 5.46. The van der Waals surface area contributed by atoms with Crippen molar-refractivity contribution < 1.29 is 9.53 Å². The average Bonchev–Trinajstić information content (AvgIpc) is 2.92. The molecule has 1 heterocycles. The van der Waals surface area contributed by atoms with E-state index in [0.29, 0.717) is 10.8 Å². The summed E-state index contributed by atoms with van der Waals surface area (Å²) in [7, 11) is 0. The minimum Gasteiger partial charge on any atom is -0.484 e. The van der Waals surface area contributed by atoms with Crippen LogP contribution in [0.1, 0.15) is 17.8 Å². The second kappa shape index (κ2) is 6.59. The number of amides is 1. The van der Waals surface area contributed by atoms with Gasteiger partial charge in [-0.25, -0.2) is 0 Å². The summed E-state index contributed by atoms with van der Waals surface area (Å²) in [5.74, 6) is 0.485. The molecule has 1 aromatic heterocycles. The quantitative estimate of drug-likeness (QED) is 0.914. The van der Waals surface area contributed by atoms with Crippen molar-refractivity contribution in [2.24, 2.45) is 0 Å². The number of thiophene rings is 1. The molecule has 0 saturated heterocycles. The first-order chi connectivity index (χ1) is 9.15. The second-order valence-electron chi connectivity index (χ2n) is 4.05. The zero-order chi connectivity index (χ0) is 13.7. The van der Waals surface area contributed by atoms with Crippen LogP contribution in [0.5, 0.6) is 5.75 Å². The van der Waals surface area contributed by atoms with Gasteiger partial charge in [-0.1, -0.05) is 17.7 Å². The highest BCUT2D eigenvalue weighted by Gasteiger charge is 2.10. The van der Waals surface area contributed by atoms with Crippen LogP contribution < -0.4 is 10.1 Å². The van der Waals surface area contributed by atoms with Gasteiger partial charge in [0.15, 0.2) is 6.61 Å². The van der Waals surface area contributed by atoms with E-state index in [9.17, 15) is 4.79 Å². The molecular formula is C14H14ClNO2S. The maximum Gasteiger partial charge on any atom is 0.258 e. The summed E-state index contributed by atoms with van der Waals surface area (Å²) >= 11 is 7.39. The first-order valence-corrected chi connectivity index (χ1v) is 7.12. The third-order valence-corrected chi connectivity index (χ3v) is 3.84. The largest absolute Gasteiger partial charge is 0.484 e. The van der Waals surface area contributed by atoms with Gasteiger partial charge in [0.1, 0.15) is 5.75 Å². The lowest BCUT2D eigenvalue weighted by atomic mass is 10.3. The average molecular weight is 296 g/mol. The molecule has 100 valence electrons. The summed E-state index contributed by atoms with van der Waals surface area (Å²) in [6.07, 6.45) is 0. The third-order valence-electron chi connectivity index (χ3n) is 2.53. The topological polar surface area (TPSA) is 38.3 Å². The number of benzene rings is 1.